The Bertz CT molecular complexity index is 383. The molecule has 1 atom stereocenters. The zero-order chi connectivity index (χ0) is 12.3. The molecule has 0 aliphatic heterocycles. The smallest absolute Gasteiger partial charge is 0.320 e. The number of carbonyl (C=O) groups is 2. The van der Waals surface area contributed by atoms with Gasteiger partial charge >= 0.3 is 5.97 Å². The lowest BCUT2D eigenvalue weighted by Crippen LogP contribution is -2.44. The molecule has 0 radical (unpaired) electrons. The number of carboxylic acids is 1. The number of nitrogens with two attached hydrogens (primary N) is 1. The summed E-state index contributed by atoms with van der Waals surface area (Å²) in [4.78, 5) is 31.6. The first kappa shape index (κ1) is 12.1. The molecule has 0 spiro atoms. The van der Waals surface area contributed by atoms with Crippen LogP contribution in [0.2, 0.25) is 0 Å². The number of ketones is 1. The maximum atomic E-state index is 10.9. The van der Waals surface area contributed by atoms with Crippen molar-refractivity contribution in [2.24, 2.45) is 5.73 Å². The number of nitrogens with zero attached hydrogens (tertiary/aromatic N) is 1. The van der Waals surface area contributed by atoms with Crippen molar-refractivity contribution in [1.29, 1.82) is 0 Å². The van der Waals surface area contributed by atoms with Crippen LogP contribution < -0.4 is 5.73 Å². The molecular weight excluding hydrogens is 216 g/mol. The van der Waals surface area contributed by atoms with Crippen molar-refractivity contribution < 1.29 is 19.6 Å². The van der Waals surface area contributed by atoms with Crippen LogP contribution in [0.4, 0.5) is 0 Å². The molecule has 7 nitrogen and oxygen atoms in total. The normalized spacial score (nSPS) is 19.4. The molecule has 0 saturated heterocycles. The fourth-order valence-corrected chi connectivity index (χ4v) is 1.34. The zero-order valence-electron chi connectivity index (χ0n) is 8.20. The van der Waals surface area contributed by atoms with Crippen LogP contribution in [0.3, 0.4) is 0 Å². The second-order valence-corrected chi connectivity index (χ2v) is 3.47. The highest BCUT2D eigenvalue weighted by Gasteiger charge is 2.42. The molecule has 0 aromatic carbocycles. The molecule has 1 rings (SSSR count). The Morgan fingerprint density at radius 1 is 1.56 bits per heavy atom. The van der Waals surface area contributed by atoms with E-state index in [4.69, 9.17) is 10.8 Å². The number of carboxylic acid groups (broad SMARTS) is 1. The van der Waals surface area contributed by atoms with E-state index in [1.54, 1.807) is 0 Å². The lowest BCUT2D eigenvalue weighted by atomic mass is 9.87. The summed E-state index contributed by atoms with van der Waals surface area (Å²) in [6.07, 6.45) is 3.82. The number of carbonyl (C=O) groups excluding carboxylic acids is 1. The van der Waals surface area contributed by atoms with E-state index in [0.717, 1.165) is 24.3 Å². The fourth-order valence-electron chi connectivity index (χ4n) is 1.34. The lowest BCUT2D eigenvalue weighted by molar-refractivity contribution is -0.541. The van der Waals surface area contributed by atoms with Crippen molar-refractivity contribution in [1.82, 2.24) is 0 Å². The zero-order valence-corrected chi connectivity index (χ0v) is 8.20. The summed E-state index contributed by atoms with van der Waals surface area (Å²) in [5, 5.41) is 19.5. The molecule has 7 heteroatoms. The summed E-state index contributed by atoms with van der Waals surface area (Å²) >= 11 is 0. The number of rotatable bonds is 4. The van der Waals surface area contributed by atoms with Crippen molar-refractivity contribution in [2.45, 2.75) is 18.0 Å². The van der Waals surface area contributed by atoms with Gasteiger partial charge in [-0.25, -0.2) is 0 Å². The second kappa shape index (κ2) is 4.23. The average molecular weight is 226 g/mol. The minimum Gasteiger partial charge on any atom is -0.480 e. The van der Waals surface area contributed by atoms with E-state index in [-0.39, 0.29) is 5.78 Å². The maximum Gasteiger partial charge on any atom is 0.320 e. The van der Waals surface area contributed by atoms with Crippen molar-refractivity contribution in [3.8, 4) is 0 Å². The van der Waals surface area contributed by atoms with E-state index in [9.17, 15) is 19.7 Å². The summed E-state index contributed by atoms with van der Waals surface area (Å²) in [5.41, 5.74) is 3.55. The minimum atomic E-state index is -1.70. The lowest BCUT2D eigenvalue weighted by Gasteiger charge is -2.21. The average Bonchev–Trinajstić information content (AvgIpc) is 2.21. The Morgan fingerprint density at radius 3 is 2.44 bits per heavy atom. The van der Waals surface area contributed by atoms with Gasteiger partial charge in [-0.15, -0.1) is 0 Å². The topological polar surface area (TPSA) is 124 Å². The molecule has 0 aromatic rings. The van der Waals surface area contributed by atoms with Crippen molar-refractivity contribution in [2.75, 3.05) is 0 Å². The van der Waals surface area contributed by atoms with Crippen LogP contribution in [0, 0.1) is 10.1 Å². The highest BCUT2D eigenvalue weighted by molar-refractivity contribution is 6.00. The summed E-state index contributed by atoms with van der Waals surface area (Å²) in [5.74, 6) is -1.69. The molecule has 86 valence electrons. The van der Waals surface area contributed by atoms with Gasteiger partial charge in [0.25, 0.3) is 5.54 Å². The van der Waals surface area contributed by atoms with Gasteiger partial charge in [-0.05, 0) is 12.2 Å². The first-order chi connectivity index (χ1) is 7.37. The maximum absolute atomic E-state index is 10.9. The molecule has 1 aliphatic carbocycles. The predicted octanol–water partition coefficient (Wildman–Crippen LogP) is -0.501. The van der Waals surface area contributed by atoms with Crippen LogP contribution in [0.25, 0.3) is 0 Å². The van der Waals surface area contributed by atoms with Gasteiger partial charge in [0.05, 0.1) is 6.42 Å². The fraction of sp³-hybridized carbons (Fsp3) is 0.333. The highest BCUT2D eigenvalue weighted by atomic mass is 16.6. The summed E-state index contributed by atoms with van der Waals surface area (Å²) in [7, 11) is 0. The second-order valence-electron chi connectivity index (χ2n) is 3.47. The van der Waals surface area contributed by atoms with Crippen molar-refractivity contribution in [3.05, 3.63) is 34.4 Å². The van der Waals surface area contributed by atoms with Gasteiger partial charge < -0.3 is 10.8 Å². The van der Waals surface area contributed by atoms with Crippen LogP contribution >= 0.6 is 0 Å². The van der Waals surface area contributed by atoms with Crippen LogP contribution in [-0.2, 0) is 9.59 Å². The van der Waals surface area contributed by atoms with Crippen molar-refractivity contribution >= 4 is 11.8 Å². The largest absolute Gasteiger partial charge is 0.480 e. The first-order valence-corrected chi connectivity index (χ1v) is 4.43. The number of aliphatic carboxylic acids is 1. The van der Waals surface area contributed by atoms with Gasteiger partial charge in [-0.3, -0.25) is 19.7 Å². The summed E-state index contributed by atoms with van der Waals surface area (Å²) in [6.45, 7) is 0. The highest BCUT2D eigenvalue weighted by Crippen LogP contribution is 2.23. The van der Waals surface area contributed by atoms with Gasteiger partial charge in [-0.2, -0.15) is 0 Å². The summed E-state index contributed by atoms with van der Waals surface area (Å²) in [6, 6.07) is -1.35. The molecule has 0 aromatic heterocycles. The molecule has 16 heavy (non-hydrogen) atoms. The van der Waals surface area contributed by atoms with E-state index < -0.39 is 28.9 Å². The standard InChI is InChI=1S/C9H10N2O5/c10-7(8(13)14)5-9(11(15)16)3-1-6(12)2-4-9/h1-4,7H,5,10H2,(H,13,14)/t7-/m0/s1. The van der Waals surface area contributed by atoms with Gasteiger partial charge in [0, 0.05) is 17.1 Å². The number of nitro groups is 1. The molecule has 0 heterocycles. The van der Waals surface area contributed by atoms with Gasteiger partial charge in [0.2, 0.25) is 0 Å². The third-order valence-electron chi connectivity index (χ3n) is 2.28. The Hall–Kier alpha value is -2.02. The van der Waals surface area contributed by atoms with Crippen molar-refractivity contribution in [3.63, 3.8) is 0 Å². The molecule has 0 amide bonds. The molecule has 0 saturated carbocycles. The SMILES string of the molecule is N[C@@H](CC1([N+](=O)[O-])C=CC(=O)C=C1)C(=O)O. The predicted molar refractivity (Wildman–Crippen MR) is 53.2 cm³/mol. The third kappa shape index (κ3) is 2.31. The molecule has 0 bridgehead atoms. The molecule has 0 fully saturated rings. The first-order valence-electron chi connectivity index (χ1n) is 4.43. The minimum absolute atomic E-state index is 0.374. The van der Waals surface area contributed by atoms with E-state index in [1.165, 1.54) is 0 Å². The Labute approximate surface area is 90.4 Å². The van der Waals surface area contributed by atoms with E-state index >= 15 is 0 Å². The van der Waals surface area contributed by atoms with Gasteiger partial charge in [0.1, 0.15) is 6.04 Å². The third-order valence-corrected chi connectivity index (χ3v) is 2.28. The monoisotopic (exact) mass is 226 g/mol. The quantitative estimate of drug-likeness (QED) is 0.492. The van der Waals surface area contributed by atoms with E-state index in [2.05, 4.69) is 0 Å². The van der Waals surface area contributed by atoms with Crippen LogP contribution in [0.1, 0.15) is 6.42 Å². The molecule has 1 aliphatic rings. The van der Waals surface area contributed by atoms with Crippen LogP contribution in [0.15, 0.2) is 24.3 Å². The number of hydrogen-bond donors (Lipinski definition) is 2. The summed E-state index contributed by atoms with van der Waals surface area (Å²) < 4.78 is 0. The Kier molecular flexibility index (Phi) is 3.19. The number of hydrogen-bond acceptors (Lipinski definition) is 5. The van der Waals surface area contributed by atoms with Crippen LogP contribution in [-0.4, -0.2) is 33.4 Å². The van der Waals surface area contributed by atoms with E-state index in [0.29, 0.717) is 0 Å². The van der Waals surface area contributed by atoms with Gasteiger partial charge in [0.15, 0.2) is 5.78 Å². The molecule has 0 unspecified atom stereocenters. The van der Waals surface area contributed by atoms with Crippen LogP contribution in [0.5, 0.6) is 0 Å². The molecular formula is C9H10N2O5. The number of allylic oxidation sites excluding steroid dienone is 2. The Morgan fingerprint density at radius 2 is 2.06 bits per heavy atom. The van der Waals surface area contributed by atoms with Gasteiger partial charge in [-0.1, -0.05) is 0 Å². The Balaban J connectivity index is 2.96. The van der Waals surface area contributed by atoms with E-state index in [1.807, 2.05) is 0 Å². The molecule has 3 N–H and O–H groups in total.